The van der Waals surface area contributed by atoms with Gasteiger partial charge in [-0.3, -0.25) is 0 Å². The van der Waals surface area contributed by atoms with E-state index in [4.69, 9.17) is 0 Å². The highest BCUT2D eigenvalue weighted by Crippen LogP contribution is 1.81. The molecule has 0 aromatic rings. The predicted octanol–water partition coefficient (Wildman–Crippen LogP) is 1.64. The minimum absolute atomic E-state index is 0.337. The number of carbonyl (C=O) groups excluding carboxylic acids is 1. The molecule has 0 amide bonds. The molecule has 0 aliphatic heterocycles. The SMILES string of the molecule is CC=COC(=O)/C=C/C. The van der Waals surface area contributed by atoms with Gasteiger partial charge in [0, 0.05) is 6.08 Å². The standard InChI is InChI=1S/C7H10O2/c1-3-5-7(8)9-6-4-2/h3-6H,1-2H3/b5-3+,6-4?. The zero-order chi connectivity index (χ0) is 7.11. The number of hydrogen-bond acceptors (Lipinski definition) is 2. The van der Waals surface area contributed by atoms with E-state index in [1.807, 2.05) is 0 Å². The van der Waals surface area contributed by atoms with Crippen LogP contribution in [0.1, 0.15) is 13.8 Å². The van der Waals surface area contributed by atoms with E-state index in [-0.39, 0.29) is 5.97 Å². The summed E-state index contributed by atoms with van der Waals surface area (Å²) in [6, 6.07) is 0. The zero-order valence-electron chi connectivity index (χ0n) is 5.63. The smallest absolute Gasteiger partial charge is 0.335 e. The Kier molecular flexibility index (Phi) is 4.50. The van der Waals surface area contributed by atoms with Crippen molar-refractivity contribution in [3.63, 3.8) is 0 Å². The van der Waals surface area contributed by atoms with Crippen LogP contribution in [-0.4, -0.2) is 5.97 Å². The minimum Gasteiger partial charge on any atom is -0.432 e. The summed E-state index contributed by atoms with van der Waals surface area (Å²) in [4.78, 5) is 10.4. The first-order valence-electron chi connectivity index (χ1n) is 2.75. The van der Waals surface area contributed by atoms with Crippen molar-refractivity contribution in [1.29, 1.82) is 0 Å². The monoisotopic (exact) mass is 126 g/mol. The third kappa shape index (κ3) is 4.81. The van der Waals surface area contributed by atoms with E-state index in [1.165, 1.54) is 12.3 Å². The molecule has 0 heterocycles. The lowest BCUT2D eigenvalue weighted by molar-refractivity contribution is -0.132. The average Bonchev–Trinajstić information content (AvgIpc) is 1.85. The molecule has 0 fully saturated rings. The van der Waals surface area contributed by atoms with E-state index >= 15 is 0 Å². The molecule has 2 nitrogen and oxygen atoms in total. The number of ether oxygens (including phenoxy) is 1. The lowest BCUT2D eigenvalue weighted by Gasteiger charge is -1.88. The third-order valence-electron chi connectivity index (χ3n) is 0.623. The van der Waals surface area contributed by atoms with Gasteiger partial charge in [-0.15, -0.1) is 0 Å². The van der Waals surface area contributed by atoms with Crippen molar-refractivity contribution in [3.8, 4) is 0 Å². The highest BCUT2D eigenvalue weighted by molar-refractivity contribution is 5.82. The molecule has 0 N–H and O–H groups in total. The molecular formula is C7H10O2. The van der Waals surface area contributed by atoms with Gasteiger partial charge in [0.2, 0.25) is 0 Å². The summed E-state index contributed by atoms with van der Waals surface area (Å²) in [6.07, 6.45) is 6.00. The number of carbonyl (C=O) groups is 1. The Labute approximate surface area is 54.8 Å². The van der Waals surface area contributed by atoms with Crippen LogP contribution < -0.4 is 0 Å². The summed E-state index contributed by atoms with van der Waals surface area (Å²) in [7, 11) is 0. The summed E-state index contributed by atoms with van der Waals surface area (Å²) in [5.74, 6) is -0.337. The van der Waals surface area contributed by atoms with Gasteiger partial charge in [-0.1, -0.05) is 12.2 Å². The van der Waals surface area contributed by atoms with Gasteiger partial charge in [0.05, 0.1) is 6.26 Å². The van der Waals surface area contributed by atoms with Crippen LogP contribution in [0.5, 0.6) is 0 Å². The fourth-order valence-corrected chi connectivity index (χ4v) is 0.310. The number of rotatable bonds is 2. The van der Waals surface area contributed by atoms with Crippen molar-refractivity contribution in [2.75, 3.05) is 0 Å². The van der Waals surface area contributed by atoms with E-state index in [0.29, 0.717) is 0 Å². The molecule has 0 rings (SSSR count). The minimum atomic E-state index is -0.337. The second kappa shape index (κ2) is 5.09. The van der Waals surface area contributed by atoms with Gasteiger partial charge in [0.25, 0.3) is 0 Å². The summed E-state index contributed by atoms with van der Waals surface area (Å²) >= 11 is 0. The Morgan fingerprint density at radius 3 is 2.44 bits per heavy atom. The van der Waals surface area contributed by atoms with Crippen molar-refractivity contribution < 1.29 is 9.53 Å². The van der Waals surface area contributed by atoms with Crippen molar-refractivity contribution in [2.24, 2.45) is 0 Å². The van der Waals surface area contributed by atoms with Crippen LogP contribution in [0.3, 0.4) is 0 Å². The van der Waals surface area contributed by atoms with Crippen LogP contribution >= 0.6 is 0 Å². The second-order valence-electron chi connectivity index (χ2n) is 1.41. The molecule has 0 bridgehead atoms. The Morgan fingerprint density at radius 1 is 1.33 bits per heavy atom. The topological polar surface area (TPSA) is 26.3 Å². The molecule has 0 aliphatic carbocycles. The van der Waals surface area contributed by atoms with Crippen molar-refractivity contribution in [2.45, 2.75) is 13.8 Å². The summed E-state index contributed by atoms with van der Waals surface area (Å²) in [5, 5.41) is 0. The molecule has 0 aliphatic rings. The average molecular weight is 126 g/mol. The van der Waals surface area contributed by atoms with Gasteiger partial charge in [-0.25, -0.2) is 4.79 Å². The van der Waals surface area contributed by atoms with E-state index in [9.17, 15) is 4.79 Å². The second-order valence-corrected chi connectivity index (χ2v) is 1.41. The number of allylic oxidation sites excluding steroid dienone is 2. The first kappa shape index (κ1) is 7.95. The molecule has 0 saturated heterocycles. The summed E-state index contributed by atoms with van der Waals surface area (Å²) < 4.78 is 4.53. The summed E-state index contributed by atoms with van der Waals surface area (Å²) in [6.45, 7) is 3.54. The molecule has 0 aromatic carbocycles. The Balaban J connectivity index is 3.51. The quantitative estimate of drug-likeness (QED) is 0.319. The fraction of sp³-hybridized carbons (Fsp3) is 0.286. The molecule has 0 aromatic heterocycles. The molecule has 2 heteroatoms. The van der Waals surface area contributed by atoms with Crippen LogP contribution in [0.4, 0.5) is 0 Å². The largest absolute Gasteiger partial charge is 0.432 e. The van der Waals surface area contributed by atoms with Gasteiger partial charge < -0.3 is 4.74 Å². The van der Waals surface area contributed by atoms with Gasteiger partial charge in [-0.05, 0) is 13.8 Å². The van der Waals surface area contributed by atoms with E-state index in [1.54, 1.807) is 26.0 Å². The first-order chi connectivity index (χ1) is 4.31. The van der Waals surface area contributed by atoms with Crippen LogP contribution in [-0.2, 0) is 9.53 Å². The fourth-order valence-electron chi connectivity index (χ4n) is 0.310. The molecule has 9 heavy (non-hydrogen) atoms. The highest BCUT2D eigenvalue weighted by atomic mass is 16.5. The van der Waals surface area contributed by atoms with Crippen LogP contribution in [0.25, 0.3) is 0 Å². The zero-order valence-corrected chi connectivity index (χ0v) is 5.63. The molecule has 0 saturated carbocycles. The molecule has 50 valence electrons. The lowest BCUT2D eigenvalue weighted by Crippen LogP contribution is -1.91. The van der Waals surface area contributed by atoms with Gasteiger partial charge in [0.1, 0.15) is 0 Å². The van der Waals surface area contributed by atoms with Crippen LogP contribution in [0, 0.1) is 0 Å². The van der Waals surface area contributed by atoms with Crippen molar-refractivity contribution >= 4 is 5.97 Å². The Bertz CT molecular complexity index is 134. The van der Waals surface area contributed by atoms with E-state index < -0.39 is 0 Å². The summed E-state index contributed by atoms with van der Waals surface area (Å²) in [5.41, 5.74) is 0. The molecule has 0 atom stereocenters. The molecule has 0 radical (unpaired) electrons. The first-order valence-corrected chi connectivity index (χ1v) is 2.75. The third-order valence-corrected chi connectivity index (χ3v) is 0.623. The Hall–Kier alpha value is -1.05. The maximum absolute atomic E-state index is 10.4. The highest BCUT2D eigenvalue weighted by Gasteiger charge is 1.87. The lowest BCUT2D eigenvalue weighted by atomic mass is 10.5. The molecule has 0 unspecified atom stereocenters. The van der Waals surface area contributed by atoms with Crippen LogP contribution in [0.2, 0.25) is 0 Å². The maximum atomic E-state index is 10.4. The Morgan fingerprint density at radius 2 is 2.00 bits per heavy atom. The normalized spacial score (nSPS) is 10.9. The number of esters is 1. The van der Waals surface area contributed by atoms with Crippen LogP contribution in [0.15, 0.2) is 24.5 Å². The van der Waals surface area contributed by atoms with Gasteiger partial charge >= 0.3 is 5.97 Å². The van der Waals surface area contributed by atoms with Crippen molar-refractivity contribution in [1.82, 2.24) is 0 Å². The predicted molar refractivity (Wildman–Crippen MR) is 35.7 cm³/mol. The van der Waals surface area contributed by atoms with E-state index in [2.05, 4.69) is 4.74 Å². The van der Waals surface area contributed by atoms with Crippen molar-refractivity contribution in [3.05, 3.63) is 24.5 Å². The molecular weight excluding hydrogens is 116 g/mol. The maximum Gasteiger partial charge on any atom is 0.335 e. The van der Waals surface area contributed by atoms with Gasteiger partial charge in [-0.2, -0.15) is 0 Å². The van der Waals surface area contributed by atoms with Gasteiger partial charge in [0.15, 0.2) is 0 Å². The number of hydrogen-bond donors (Lipinski definition) is 0. The van der Waals surface area contributed by atoms with E-state index in [0.717, 1.165) is 0 Å². The molecule has 0 spiro atoms.